The van der Waals surface area contributed by atoms with Gasteiger partial charge in [0.25, 0.3) is 0 Å². The number of carbonyl (C=O) groups is 1. The third kappa shape index (κ3) is 5.58. The fourth-order valence-corrected chi connectivity index (χ4v) is 5.74. The molecule has 1 aliphatic rings. The van der Waals surface area contributed by atoms with E-state index in [2.05, 4.69) is 17.1 Å². The van der Waals surface area contributed by atoms with E-state index in [0.29, 0.717) is 28.8 Å². The smallest absolute Gasteiger partial charge is 0.163 e. The maximum atomic E-state index is 12.7. The summed E-state index contributed by atoms with van der Waals surface area (Å²) in [6.07, 6.45) is 7.62. The first-order valence-electron chi connectivity index (χ1n) is 11.5. The number of rotatable bonds is 8. The quantitative estimate of drug-likeness (QED) is 0.221. The fraction of sp³-hybridized carbons (Fsp3) is 0.214. The van der Waals surface area contributed by atoms with Gasteiger partial charge in [-0.15, -0.1) is 11.8 Å². The van der Waals surface area contributed by atoms with Gasteiger partial charge >= 0.3 is 0 Å². The van der Waals surface area contributed by atoms with Crippen LogP contribution in [0.25, 0.3) is 0 Å². The van der Waals surface area contributed by atoms with Crippen LogP contribution in [0.15, 0.2) is 84.3 Å². The lowest BCUT2D eigenvalue weighted by molar-refractivity contribution is 0.0972. The highest BCUT2D eigenvalue weighted by Gasteiger charge is 2.24. The minimum absolute atomic E-state index is 0.205. The largest absolute Gasteiger partial charge is 0.484 e. The molecule has 1 heterocycles. The van der Waals surface area contributed by atoms with E-state index in [0.717, 1.165) is 45.7 Å². The zero-order valence-electron chi connectivity index (χ0n) is 19.0. The zero-order valence-corrected chi connectivity index (χ0v) is 21.3. The second-order valence-electron chi connectivity index (χ2n) is 8.49. The molecule has 1 aromatic heterocycles. The van der Waals surface area contributed by atoms with E-state index in [4.69, 9.17) is 27.9 Å². The number of halogens is 2. The topological polar surface area (TPSA) is 44.1 Å². The number of ketones is 1. The molecule has 0 aliphatic heterocycles. The van der Waals surface area contributed by atoms with Crippen molar-refractivity contribution in [3.63, 3.8) is 0 Å². The molecule has 0 saturated carbocycles. The molecule has 5 rings (SSSR count). The Labute approximate surface area is 219 Å². The van der Waals surface area contributed by atoms with Crippen LogP contribution in [0.3, 0.4) is 0 Å². The van der Waals surface area contributed by atoms with Crippen LogP contribution in [0.2, 0.25) is 10.0 Å². The summed E-state index contributed by atoms with van der Waals surface area (Å²) in [4.78, 5) is 17.9. The number of Topliss-reactive ketones (excluding diaryl/α,β-unsaturated/α-hetero) is 1. The van der Waals surface area contributed by atoms with Crippen molar-refractivity contribution >= 4 is 40.7 Å². The standard InChI is InChI=1S/C28H24Cl2N2O2S/c29-24-11-9-20(15-25(24)30)35-17-23-21-7-4-8-26(33)22(21)10-12-27(23)34-28(16-32-14-13-31-18-32)19-5-2-1-3-6-19/h1-3,5-6,9-15,18,28H,4,7-8,16-17H2/t28-/m1/s1. The maximum Gasteiger partial charge on any atom is 0.163 e. The Morgan fingerprint density at radius 1 is 1.03 bits per heavy atom. The van der Waals surface area contributed by atoms with Crippen molar-refractivity contribution in [2.24, 2.45) is 0 Å². The average molecular weight is 523 g/mol. The highest BCUT2D eigenvalue weighted by atomic mass is 35.5. The highest BCUT2D eigenvalue weighted by Crippen LogP contribution is 2.38. The van der Waals surface area contributed by atoms with Crippen molar-refractivity contribution in [3.8, 4) is 5.75 Å². The lowest BCUT2D eigenvalue weighted by Gasteiger charge is -2.25. The number of thioether (sulfide) groups is 1. The van der Waals surface area contributed by atoms with Crippen LogP contribution in [-0.4, -0.2) is 15.3 Å². The monoisotopic (exact) mass is 522 g/mol. The van der Waals surface area contributed by atoms with E-state index >= 15 is 0 Å². The number of fused-ring (bicyclic) bond motifs is 1. The van der Waals surface area contributed by atoms with Gasteiger partial charge in [0, 0.05) is 40.6 Å². The van der Waals surface area contributed by atoms with Crippen molar-refractivity contribution in [1.29, 1.82) is 0 Å². The zero-order chi connectivity index (χ0) is 24.2. The molecule has 0 fully saturated rings. The molecular formula is C28H24Cl2N2O2S. The minimum Gasteiger partial charge on any atom is -0.484 e. The Kier molecular flexibility index (Phi) is 7.47. The Bertz CT molecular complexity index is 1330. The summed E-state index contributed by atoms with van der Waals surface area (Å²) in [6.45, 7) is 0.624. The van der Waals surface area contributed by atoms with Crippen LogP contribution in [0.1, 0.15) is 46.0 Å². The van der Waals surface area contributed by atoms with Gasteiger partial charge in [-0.05, 0) is 54.3 Å². The molecule has 4 nitrogen and oxygen atoms in total. The summed E-state index contributed by atoms with van der Waals surface area (Å²) < 4.78 is 8.73. The Morgan fingerprint density at radius 2 is 1.89 bits per heavy atom. The number of imidazole rings is 1. The number of hydrogen-bond acceptors (Lipinski definition) is 4. The lowest BCUT2D eigenvalue weighted by atomic mass is 9.87. The molecule has 0 N–H and O–H groups in total. The number of nitrogens with zero attached hydrogens (tertiary/aromatic N) is 2. The summed E-state index contributed by atoms with van der Waals surface area (Å²) >= 11 is 14.0. The Hall–Kier alpha value is -2.73. The maximum absolute atomic E-state index is 12.7. The van der Waals surface area contributed by atoms with Crippen LogP contribution in [0, 0.1) is 0 Å². The molecule has 1 atom stereocenters. The van der Waals surface area contributed by atoms with Crippen LogP contribution in [0.5, 0.6) is 5.75 Å². The molecule has 0 spiro atoms. The molecule has 0 saturated heterocycles. The van der Waals surface area contributed by atoms with Gasteiger partial charge in [-0.2, -0.15) is 0 Å². The van der Waals surface area contributed by atoms with Gasteiger partial charge in [-0.3, -0.25) is 4.79 Å². The molecule has 0 unspecified atom stereocenters. The Balaban J connectivity index is 1.50. The SMILES string of the molecule is O=C1CCCc2c1ccc(O[C@H](Cn1ccnc1)c1ccccc1)c2CSc1ccc(Cl)c(Cl)c1. The van der Waals surface area contributed by atoms with Crippen molar-refractivity contribution in [1.82, 2.24) is 9.55 Å². The molecule has 0 radical (unpaired) electrons. The fourth-order valence-electron chi connectivity index (χ4n) is 4.39. The van der Waals surface area contributed by atoms with Gasteiger partial charge in [0.05, 0.1) is 22.9 Å². The summed E-state index contributed by atoms with van der Waals surface area (Å²) in [5.74, 6) is 1.67. The normalized spacial score (nSPS) is 13.9. The molecule has 3 aromatic carbocycles. The summed E-state index contributed by atoms with van der Waals surface area (Å²) in [6, 6.07) is 19.7. The van der Waals surface area contributed by atoms with E-state index < -0.39 is 0 Å². The van der Waals surface area contributed by atoms with Crippen molar-refractivity contribution in [2.75, 3.05) is 0 Å². The molecule has 0 bridgehead atoms. The number of aromatic nitrogens is 2. The highest BCUT2D eigenvalue weighted by molar-refractivity contribution is 7.98. The third-order valence-corrected chi connectivity index (χ3v) is 7.93. The Morgan fingerprint density at radius 3 is 2.66 bits per heavy atom. The molecule has 35 heavy (non-hydrogen) atoms. The summed E-state index contributed by atoms with van der Waals surface area (Å²) in [7, 11) is 0. The van der Waals surface area contributed by atoms with E-state index in [-0.39, 0.29) is 11.9 Å². The van der Waals surface area contributed by atoms with Crippen molar-refractivity contribution in [2.45, 2.75) is 42.6 Å². The molecule has 4 aromatic rings. The van der Waals surface area contributed by atoms with Gasteiger partial charge in [-0.25, -0.2) is 4.98 Å². The first-order valence-corrected chi connectivity index (χ1v) is 13.3. The van der Waals surface area contributed by atoms with Crippen LogP contribution in [-0.2, 0) is 18.7 Å². The number of carbonyl (C=O) groups excluding carboxylic acids is 1. The van der Waals surface area contributed by atoms with Gasteiger partial charge in [0.15, 0.2) is 5.78 Å². The predicted octanol–water partition coefficient (Wildman–Crippen LogP) is 7.82. The van der Waals surface area contributed by atoms with Crippen molar-refractivity contribution in [3.05, 3.63) is 112 Å². The van der Waals surface area contributed by atoms with E-state index in [1.807, 2.05) is 59.3 Å². The van der Waals surface area contributed by atoms with Gasteiger partial charge < -0.3 is 9.30 Å². The summed E-state index contributed by atoms with van der Waals surface area (Å²) in [5.41, 5.74) is 4.07. The number of ether oxygens (including phenoxy) is 1. The van der Waals surface area contributed by atoms with Gasteiger partial charge in [-0.1, -0.05) is 53.5 Å². The molecule has 178 valence electrons. The second-order valence-corrected chi connectivity index (χ2v) is 10.3. The number of benzene rings is 3. The van der Waals surface area contributed by atoms with E-state index in [1.54, 1.807) is 24.3 Å². The van der Waals surface area contributed by atoms with Crippen molar-refractivity contribution < 1.29 is 9.53 Å². The van der Waals surface area contributed by atoms with Crippen LogP contribution >= 0.6 is 35.0 Å². The lowest BCUT2D eigenvalue weighted by Crippen LogP contribution is -2.18. The molecule has 0 amide bonds. The minimum atomic E-state index is -0.212. The second kappa shape index (κ2) is 10.9. The third-order valence-electron chi connectivity index (χ3n) is 6.17. The molecular weight excluding hydrogens is 499 g/mol. The predicted molar refractivity (Wildman–Crippen MR) is 142 cm³/mol. The average Bonchev–Trinajstić information content (AvgIpc) is 3.39. The first-order chi connectivity index (χ1) is 17.1. The van der Waals surface area contributed by atoms with E-state index in [9.17, 15) is 4.79 Å². The van der Waals surface area contributed by atoms with Gasteiger partial charge in [0.1, 0.15) is 11.9 Å². The van der Waals surface area contributed by atoms with Crippen LogP contribution in [0.4, 0.5) is 0 Å². The molecule has 7 heteroatoms. The first kappa shape index (κ1) is 24.0. The summed E-state index contributed by atoms with van der Waals surface area (Å²) in [5, 5.41) is 1.07. The number of hydrogen-bond donors (Lipinski definition) is 0. The van der Waals surface area contributed by atoms with Crippen LogP contribution < -0.4 is 4.74 Å². The molecule has 1 aliphatic carbocycles. The van der Waals surface area contributed by atoms with E-state index in [1.165, 1.54) is 0 Å². The van der Waals surface area contributed by atoms with Gasteiger partial charge in [0.2, 0.25) is 0 Å².